The Hall–Kier alpha value is -0.830. The third kappa shape index (κ3) is 5.91. The van der Waals surface area contributed by atoms with Crippen LogP contribution in [0.1, 0.15) is 11.6 Å². The van der Waals surface area contributed by atoms with Gasteiger partial charge < -0.3 is 10.1 Å². The van der Waals surface area contributed by atoms with E-state index in [1.165, 1.54) is 12.1 Å². The Kier molecular flexibility index (Phi) is 9.87. The largest absolute Gasteiger partial charge is 0.461 e. The van der Waals surface area contributed by atoms with Crippen molar-refractivity contribution in [2.24, 2.45) is 0 Å². The Balaban J connectivity index is 0.00000264. The van der Waals surface area contributed by atoms with Crippen LogP contribution in [0.4, 0.5) is 22.0 Å². The number of alkyl halides is 5. The second-order valence-corrected chi connectivity index (χ2v) is 4.99. The Morgan fingerprint density at radius 3 is 2.33 bits per heavy atom. The van der Waals surface area contributed by atoms with Gasteiger partial charge in [0.1, 0.15) is 12.4 Å². The van der Waals surface area contributed by atoms with Crippen LogP contribution in [0.3, 0.4) is 0 Å². The summed E-state index contributed by atoms with van der Waals surface area (Å²) in [6, 6.07) is 4.68. The topological polar surface area (TPSA) is 24.5 Å². The van der Waals surface area contributed by atoms with E-state index in [-0.39, 0.29) is 24.8 Å². The van der Waals surface area contributed by atoms with Crippen molar-refractivity contribution < 1.29 is 26.7 Å². The van der Waals surface area contributed by atoms with E-state index in [1.807, 2.05) is 4.90 Å². The summed E-state index contributed by atoms with van der Waals surface area (Å²) in [4.78, 5) is 1.88. The first-order chi connectivity index (χ1) is 10.4. The maximum atomic E-state index is 13.4. The highest BCUT2D eigenvalue weighted by Gasteiger charge is 2.44. The van der Waals surface area contributed by atoms with Crippen molar-refractivity contribution in [1.29, 1.82) is 0 Å². The number of nitrogens with zero attached hydrogens (tertiary/aromatic N) is 1. The number of nitrogens with one attached hydrogen (secondary N) is 1. The lowest BCUT2D eigenvalue weighted by molar-refractivity contribution is -0.253. The third-order valence-electron chi connectivity index (χ3n) is 3.49. The summed E-state index contributed by atoms with van der Waals surface area (Å²) in [6.07, 6.45) is -8.50. The first-order valence-electron chi connectivity index (χ1n) is 6.89. The molecule has 0 amide bonds. The van der Waals surface area contributed by atoms with Gasteiger partial charge >= 0.3 is 12.5 Å². The fraction of sp³-hybridized carbons (Fsp3) is 0.571. The van der Waals surface area contributed by atoms with Gasteiger partial charge in [0.2, 0.25) is 0 Å². The fourth-order valence-corrected chi connectivity index (χ4v) is 2.38. The van der Waals surface area contributed by atoms with Gasteiger partial charge in [0.05, 0.1) is 6.04 Å². The van der Waals surface area contributed by atoms with E-state index < -0.39 is 31.0 Å². The van der Waals surface area contributed by atoms with Gasteiger partial charge in [-0.15, -0.1) is 24.8 Å². The van der Waals surface area contributed by atoms with Crippen LogP contribution in [0, 0.1) is 0 Å². The number of benzene rings is 1. The number of piperazine rings is 1. The summed E-state index contributed by atoms with van der Waals surface area (Å²) in [7, 11) is 0. The standard InChI is InChI=1S/C14H17F5N2O.2ClH/c15-9-12(21-6-4-20-5-7-21)10-2-1-3-11(8-10)22-14(18,19)13(16)17;;/h1-3,8,12-13,20H,4-7,9H2;2*1H/t12-;;/m0../s1. The lowest BCUT2D eigenvalue weighted by atomic mass is 10.1. The lowest BCUT2D eigenvalue weighted by Crippen LogP contribution is -2.45. The molecule has 1 aromatic rings. The number of hydrogen-bond acceptors (Lipinski definition) is 3. The molecule has 0 radical (unpaired) electrons. The fourth-order valence-electron chi connectivity index (χ4n) is 2.38. The minimum absolute atomic E-state index is 0. The summed E-state index contributed by atoms with van der Waals surface area (Å²) in [5.41, 5.74) is 0.423. The molecule has 0 unspecified atom stereocenters. The molecule has 24 heavy (non-hydrogen) atoms. The molecule has 0 bridgehead atoms. The summed E-state index contributed by atoms with van der Waals surface area (Å²) in [5.74, 6) is -0.406. The zero-order valence-electron chi connectivity index (χ0n) is 12.6. The van der Waals surface area contributed by atoms with Gasteiger partial charge in [0, 0.05) is 26.2 Å². The predicted octanol–water partition coefficient (Wildman–Crippen LogP) is 3.68. The van der Waals surface area contributed by atoms with Crippen LogP contribution in [0.15, 0.2) is 24.3 Å². The van der Waals surface area contributed by atoms with Gasteiger partial charge in [-0.05, 0) is 17.7 Å². The molecule has 0 saturated carbocycles. The average Bonchev–Trinajstić information content (AvgIpc) is 2.49. The summed E-state index contributed by atoms with van der Waals surface area (Å²) in [6.45, 7) is 1.95. The number of halogens is 7. The highest BCUT2D eigenvalue weighted by atomic mass is 35.5. The van der Waals surface area contributed by atoms with Crippen LogP contribution in [0.5, 0.6) is 5.75 Å². The zero-order chi connectivity index (χ0) is 16.2. The van der Waals surface area contributed by atoms with E-state index in [0.29, 0.717) is 31.7 Å². The molecule has 1 fully saturated rings. The molecular formula is C14H19Cl2F5N2O. The molecule has 1 saturated heterocycles. The van der Waals surface area contributed by atoms with Crippen LogP contribution in [-0.2, 0) is 0 Å². The van der Waals surface area contributed by atoms with Gasteiger partial charge in [-0.25, -0.2) is 4.39 Å². The second kappa shape index (κ2) is 10.2. The second-order valence-electron chi connectivity index (χ2n) is 4.99. The molecule has 1 aliphatic rings. The molecule has 0 aromatic heterocycles. The quantitative estimate of drug-likeness (QED) is 0.742. The molecule has 0 spiro atoms. The number of rotatable bonds is 6. The average molecular weight is 397 g/mol. The molecule has 1 atom stereocenters. The van der Waals surface area contributed by atoms with Crippen molar-refractivity contribution in [3.8, 4) is 5.75 Å². The summed E-state index contributed by atoms with van der Waals surface area (Å²) in [5, 5.41) is 3.13. The highest BCUT2D eigenvalue weighted by molar-refractivity contribution is 5.85. The number of hydrogen-bond donors (Lipinski definition) is 1. The molecule has 1 heterocycles. The van der Waals surface area contributed by atoms with Gasteiger partial charge in [-0.2, -0.15) is 17.6 Å². The van der Waals surface area contributed by atoms with Crippen molar-refractivity contribution in [1.82, 2.24) is 10.2 Å². The Morgan fingerprint density at radius 1 is 1.17 bits per heavy atom. The first kappa shape index (κ1) is 23.2. The van der Waals surface area contributed by atoms with E-state index in [0.717, 1.165) is 6.07 Å². The van der Waals surface area contributed by atoms with Gasteiger partial charge in [0.25, 0.3) is 0 Å². The van der Waals surface area contributed by atoms with Crippen LogP contribution in [0.25, 0.3) is 0 Å². The Bertz CT molecular complexity index is 490. The van der Waals surface area contributed by atoms with Crippen molar-refractivity contribution in [2.45, 2.75) is 18.6 Å². The van der Waals surface area contributed by atoms with E-state index in [1.54, 1.807) is 6.07 Å². The summed E-state index contributed by atoms with van der Waals surface area (Å²) < 4.78 is 67.6. The van der Waals surface area contributed by atoms with Crippen LogP contribution < -0.4 is 10.1 Å². The maximum Gasteiger partial charge on any atom is 0.461 e. The van der Waals surface area contributed by atoms with E-state index in [9.17, 15) is 22.0 Å². The molecule has 2 rings (SSSR count). The molecule has 1 aliphatic heterocycles. The van der Waals surface area contributed by atoms with Gasteiger partial charge in [-0.1, -0.05) is 12.1 Å². The van der Waals surface area contributed by atoms with Crippen molar-refractivity contribution in [2.75, 3.05) is 32.9 Å². The Morgan fingerprint density at radius 2 is 1.79 bits per heavy atom. The lowest BCUT2D eigenvalue weighted by Gasteiger charge is -2.33. The smallest absolute Gasteiger partial charge is 0.428 e. The summed E-state index contributed by atoms with van der Waals surface area (Å²) >= 11 is 0. The van der Waals surface area contributed by atoms with Crippen LogP contribution in [-0.4, -0.2) is 50.3 Å². The molecule has 10 heteroatoms. The van der Waals surface area contributed by atoms with Gasteiger partial charge in [-0.3, -0.25) is 4.90 Å². The van der Waals surface area contributed by atoms with E-state index >= 15 is 0 Å². The van der Waals surface area contributed by atoms with Crippen molar-refractivity contribution in [3.63, 3.8) is 0 Å². The Labute approximate surface area is 149 Å². The SMILES string of the molecule is Cl.Cl.FC[C@@H](c1cccc(OC(F)(F)C(F)F)c1)N1CCNCC1. The third-order valence-corrected chi connectivity index (χ3v) is 3.49. The van der Waals surface area contributed by atoms with E-state index in [4.69, 9.17) is 0 Å². The van der Waals surface area contributed by atoms with Crippen LogP contribution in [0.2, 0.25) is 0 Å². The van der Waals surface area contributed by atoms with Crippen molar-refractivity contribution in [3.05, 3.63) is 29.8 Å². The molecule has 1 aromatic carbocycles. The first-order valence-corrected chi connectivity index (χ1v) is 6.89. The maximum absolute atomic E-state index is 13.4. The zero-order valence-corrected chi connectivity index (χ0v) is 14.2. The minimum Gasteiger partial charge on any atom is -0.428 e. The molecule has 3 nitrogen and oxygen atoms in total. The number of ether oxygens (including phenoxy) is 1. The molecule has 140 valence electrons. The molecular weight excluding hydrogens is 378 g/mol. The predicted molar refractivity (Wildman–Crippen MR) is 85.7 cm³/mol. The van der Waals surface area contributed by atoms with E-state index in [2.05, 4.69) is 10.1 Å². The molecule has 1 N–H and O–H groups in total. The normalized spacial score (nSPS) is 16.9. The highest BCUT2D eigenvalue weighted by Crippen LogP contribution is 2.30. The van der Waals surface area contributed by atoms with Crippen molar-refractivity contribution >= 4 is 24.8 Å². The monoisotopic (exact) mass is 396 g/mol. The molecule has 0 aliphatic carbocycles. The van der Waals surface area contributed by atoms with Gasteiger partial charge in [0.15, 0.2) is 0 Å². The van der Waals surface area contributed by atoms with Crippen LogP contribution >= 0.6 is 24.8 Å². The minimum atomic E-state index is -4.57.